The third-order valence-corrected chi connectivity index (χ3v) is 6.90. The van der Waals surface area contributed by atoms with Gasteiger partial charge in [-0.15, -0.1) is 10.2 Å². The molecule has 3 aromatic carbocycles. The van der Waals surface area contributed by atoms with Gasteiger partial charge in [-0.1, -0.05) is 30.0 Å². The molecule has 0 aliphatic carbocycles. The molecule has 2 N–H and O–H groups in total. The molecule has 1 aromatic heterocycles. The Morgan fingerprint density at radius 1 is 0.914 bits per heavy atom. The van der Waals surface area contributed by atoms with Crippen molar-refractivity contribution < 1.29 is 9.59 Å². The Balaban J connectivity index is 1.38. The number of hydrogen-bond acceptors (Lipinski definition) is 5. The molecular weight excluding hydrogens is 526 g/mol. The van der Waals surface area contributed by atoms with E-state index in [1.165, 1.54) is 11.8 Å². The lowest BCUT2D eigenvalue weighted by Crippen LogP contribution is -2.14. The van der Waals surface area contributed by atoms with Gasteiger partial charge in [0.1, 0.15) is 0 Å². The van der Waals surface area contributed by atoms with Crippen molar-refractivity contribution in [2.45, 2.75) is 19.0 Å². The van der Waals surface area contributed by atoms with Crippen molar-refractivity contribution in [1.82, 2.24) is 14.8 Å². The van der Waals surface area contributed by atoms with Gasteiger partial charge in [-0.3, -0.25) is 9.59 Å². The van der Waals surface area contributed by atoms with Gasteiger partial charge in [0.25, 0.3) is 5.91 Å². The van der Waals surface area contributed by atoms with Gasteiger partial charge >= 0.3 is 0 Å². The first-order valence-electron chi connectivity index (χ1n) is 10.9. The molecule has 0 unspecified atom stereocenters. The number of amides is 2. The Morgan fingerprint density at radius 2 is 1.60 bits per heavy atom. The zero-order valence-corrected chi connectivity index (χ0v) is 21.9. The number of nitrogens with zero attached hydrogens (tertiary/aromatic N) is 3. The first-order valence-corrected chi connectivity index (χ1v) is 12.6. The maximum Gasteiger partial charge on any atom is 0.256 e. The van der Waals surface area contributed by atoms with Crippen molar-refractivity contribution in [3.63, 3.8) is 0 Å². The highest BCUT2D eigenvalue weighted by molar-refractivity contribution is 9.10. The lowest BCUT2D eigenvalue weighted by Gasteiger charge is -2.09. The molecule has 4 rings (SSSR count). The molecule has 0 aliphatic heterocycles. The predicted octanol–water partition coefficient (Wildman–Crippen LogP) is 5.84. The van der Waals surface area contributed by atoms with Crippen molar-refractivity contribution in [2.75, 3.05) is 16.4 Å². The Bertz CT molecular complexity index is 1360. The van der Waals surface area contributed by atoms with Crippen molar-refractivity contribution >= 4 is 50.9 Å². The smallest absolute Gasteiger partial charge is 0.256 e. The molecule has 0 atom stereocenters. The van der Waals surface area contributed by atoms with E-state index in [1.54, 1.807) is 6.07 Å². The molecular formula is C26H24BrN5O2S. The van der Waals surface area contributed by atoms with Gasteiger partial charge in [0, 0.05) is 28.5 Å². The van der Waals surface area contributed by atoms with Gasteiger partial charge < -0.3 is 15.2 Å². The van der Waals surface area contributed by atoms with Gasteiger partial charge in [-0.25, -0.2) is 0 Å². The van der Waals surface area contributed by atoms with Crippen LogP contribution in [-0.4, -0.2) is 32.3 Å². The van der Waals surface area contributed by atoms with Crippen molar-refractivity contribution in [2.24, 2.45) is 7.05 Å². The molecule has 0 radical (unpaired) electrons. The van der Waals surface area contributed by atoms with E-state index in [4.69, 9.17) is 0 Å². The number of carbonyl (C=O) groups excluding carboxylic acids is 2. The van der Waals surface area contributed by atoms with Crippen LogP contribution < -0.4 is 10.6 Å². The van der Waals surface area contributed by atoms with Crippen LogP contribution in [0.25, 0.3) is 11.4 Å². The van der Waals surface area contributed by atoms with E-state index < -0.39 is 0 Å². The molecule has 0 saturated carbocycles. The van der Waals surface area contributed by atoms with E-state index >= 15 is 0 Å². The third kappa shape index (κ3) is 6.17. The number of nitrogens with one attached hydrogen (secondary N) is 2. The molecule has 0 saturated heterocycles. The number of halogens is 1. The predicted molar refractivity (Wildman–Crippen MR) is 144 cm³/mol. The number of anilines is 2. The van der Waals surface area contributed by atoms with E-state index in [-0.39, 0.29) is 17.6 Å². The van der Waals surface area contributed by atoms with Crippen molar-refractivity contribution in [3.05, 3.63) is 87.9 Å². The summed E-state index contributed by atoms with van der Waals surface area (Å²) < 4.78 is 2.59. The Labute approximate surface area is 216 Å². The minimum Gasteiger partial charge on any atom is -0.325 e. The van der Waals surface area contributed by atoms with Gasteiger partial charge in [0.2, 0.25) is 5.91 Å². The lowest BCUT2D eigenvalue weighted by atomic mass is 10.1. The number of hydrogen-bond donors (Lipinski definition) is 2. The van der Waals surface area contributed by atoms with Gasteiger partial charge in [0.05, 0.1) is 11.3 Å². The quantitative estimate of drug-likeness (QED) is 0.282. The van der Waals surface area contributed by atoms with Crippen LogP contribution in [-0.2, 0) is 11.8 Å². The van der Waals surface area contributed by atoms with Crippen LogP contribution in [0.3, 0.4) is 0 Å². The molecule has 0 spiro atoms. The van der Waals surface area contributed by atoms with Crippen molar-refractivity contribution in [3.8, 4) is 11.4 Å². The van der Waals surface area contributed by atoms with Crippen LogP contribution in [0, 0.1) is 13.8 Å². The lowest BCUT2D eigenvalue weighted by molar-refractivity contribution is -0.113. The fourth-order valence-corrected chi connectivity index (χ4v) is 4.79. The Kier molecular flexibility index (Phi) is 7.67. The number of carbonyl (C=O) groups is 2. The molecule has 35 heavy (non-hydrogen) atoms. The fourth-order valence-electron chi connectivity index (χ4n) is 3.61. The fraction of sp³-hybridized carbons (Fsp3) is 0.154. The first-order chi connectivity index (χ1) is 16.8. The molecule has 4 aromatic rings. The second kappa shape index (κ2) is 10.9. The van der Waals surface area contributed by atoms with Gasteiger partial charge in [-0.05, 0) is 89.4 Å². The molecule has 0 aliphatic rings. The molecule has 0 bridgehead atoms. The summed E-state index contributed by atoms with van der Waals surface area (Å²) in [5, 5.41) is 15.0. The number of aryl methyl sites for hydroxylation is 2. The SMILES string of the molecule is Cc1cc(C)cc(NC(=O)CSc2nnc(-c3ccc(NC(=O)c4ccccc4Br)cc3)n2C)c1. The highest BCUT2D eigenvalue weighted by atomic mass is 79.9. The maximum atomic E-state index is 12.5. The zero-order valence-electron chi connectivity index (χ0n) is 19.5. The monoisotopic (exact) mass is 549 g/mol. The van der Waals surface area contributed by atoms with Gasteiger partial charge in [-0.2, -0.15) is 0 Å². The number of rotatable bonds is 7. The van der Waals surface area contributed by atoms with Crippen LogP contribution in [0.4, 0.5) is 11.4 Å². The average Bonchev–Trinajstić information content (AvgIpc) is 3.18. The average molecular weight is 550 g/mol. The number of benzene rings is 3. The summed E-state index contributed by atoms with van der Waals surface area (Å²) in [6, 6.07) is 20.6. The van der Waals surface area contributed by atoms with Crippen LogP contribution >= 0.6 is 27.7 Å². The Morgan fingerprint density at radius 3 is 2.29 bits per heavy atom. The summed E-state index contributed by atoms with van der Waals surface area (Å²) in [7, 11) is 1.86. The van der Waals surface area contributed by atoms with Crippen LogP contribution in [0.2, 0.25) is 0 Å². The van der Waals surface area contributed by atoms with E-state index in [0.29, 0.717) is 22.2 Å². The van der Waals surface area contributed by atoms with Crippen LogP contribution in [0.15, 0.2) is 76.4 Å². The second-order valence-electron chi connectivity index (χ2n) is 8.09. The van der Waals surface area contributed by atoms with E-state index in [1.807, 2.05) is 80.1 Å². The van der Waals surface area contributed by atoms with Crippen LogP contribution in [0.1, 0.15) is 21.5 Å². The Hall–Kier alpha value is -3.43. The highest BCUT2D eigenvalue weighted by Crippen LogP contribution is 2.25. The maximum absolute atomic E-state index is 12.5. The number of aromatic nitrogens is 3. The summed E-state index contributed by atoms with van der Waals surface area (Å²) in [6.45, 7) is 4.00. The van der Waals surface area contributed by atoms with E-state index in [9.17, 15) is 9.59 Å². The standard InChI is InChI=1S/C26H24BrN5O2S/c1-16-12-17(2)14-20(13-16)28-23(33)15-35-26-31-30-24(32(26)3)18-8-10-19(11-9-18)29-25(34)21-6-4-5-7-22(21)27/h4-14H,15H2,1-3H3,(H,28,33)(H,29,34). The topological polar surface area (TPSA) is 88.9 Å². The summed E-state index contributed by atoms with van der Waals surface area (Å²) in [5.41, 5.74) is 5.08. The minimum absolute atomic E-state index is 0.102. The highest BCUT2D eigenvalue weighted by Gasteiger charge is 2.14. The third-order valence-electron chi connectivity index (χ3n) is 5.19. The van der Waals surface area contributed by atoms with Gasteiger partial charge in [0.15, 0.2) is 11.0 Å². The summed E-state index contributed by atoms with van der Waals surface area (Å²) in [5.74, 6) is 0.598. The molecule has 0 fully saturated rings. The second-order valence-corrected chi connectivity index (χ2v) is 9.89. The summed E-state index contributed by atoms with van der Waals surface area (Å²) in [6.07, 6.45) is 0. The molecule has 178 valence electrons. The first kappa shape index (κ1) is 24.7. The number of thioether (sulfide) groups is 1. The molecule has 2 amide bonds. The van der Waals surface area contributed by atoms with Crippen molar-refractivity contribution in [1.29, 1.82) is 0 Å². The zero-order chi connectivity index (χ0) is 24.9. The molecule has 1 heterocycles. The van der Waals surface area contributed by atoms with E-state index in [0.717, 1.165) is 26.9 Å². The molecule has 9 heteroatoms. The van der Waals surface area contributed by atoms with Crippen LogP contribution in [0.5, 0.6) is 0 Å². The minimum atomic E-state index is -0.193. The van der Waals surface area contributed by atoms with E-state index in [2.05, 4.69) is 42.8 Å². The summed E-state index contributed by atoms with van der Waals surface area (Å²) >= 11 is 4.73. The summed E-state index contributed by atoms with van der Waals surface area (Å²) in [4.78, 5) is 24.9. The molecule has 7 nitrogen and oxygen atoms in total. The normalized spacial score (nSPS) is 10.7. The largest absolute Gasteiger partial charge is 0.325 e.